The van der Waals surface area contributed by atoms with Gasteiger partial charge in [0.1, 0.15) is 11.6 Å². The van der Waals surface area contributed by atoms with Crippen LogP contribution in [0.5, 0.6) is 0 Å². The summed E-state index contributed by atoms with van der Waals surface area (Å²) >= 11 is 0. The highest BCUT2D eigenvalue weighted by Gasteiger charge is 2.46. The van der Waals surface area contributed by atoms with E-state index in [1.54, 1.807) is 5.32 Å². The van der Waals surface area contributed by atoms with Crippen LogP contribution in [0, 0.1) is 17.6 Å². The summed E-state index contributed by atoms with van der Waals surface area (Å²) in [5.41, 5.74) is -1.31. The van der Waals surface area contributed by atoms with E-state index in [4.69, 9.17) is 5.11 Å². The Morgan fingerprint density at radius 3 is 2.29 bits per heavy atom. The molecular weight excluding hydrogens is 339 g/mol. The summed E-state index contributed by atoms with van der Waals surface area (Å²) in [5.74, 6) is -4.94. The van der Waals surface area contributed by atoms with E-state index in [9.17, 15) is 31.5 Å². The maximum absolute atomic E-state index is 13.6. The fraction of sp³-hybridized carbons (Fsp3) is 0.429. The zero-order valence-electron chi connectivity index (χ0n) is 12.1. The Kier molecular flexibility index (Phi) is 4.95. The SMILES string of the molecule is O=C(O)C1CCN(C(=O)NC(c2c(F)cccc2F)C(F)(F)F)C1. The first kappa shape index (κ1) is 18.0. The Labute approximate surface area is 133 Å². The molecule has 24 heavy (non-hydrogen) atoms. The number of hydrogen-bond acceptors (Lipinski definition) is 2. The summed E-state index contributed by atoms with van der Waals surface area (Å²) < 4.78 is 66.8. The molecule has 1 aromatic rings. The minimum atomic E-state index is -5.13. The van der Waals surface area contributed by atoms with Crippen molar-refractivity contribution in [1.82, 2.24) is 10.2 Å². The van der Waals surface area contributed by atoms with Gasteiger partial charge in [-0.1, -0.05) is 6.07 Å². The van der Waals surface area contributed by atoms with E-state index in [0.717, 1.165) is 11.0 Å². The number of carbonyl (C=O) groups excluding carboxylic acids is 1. The molecule has 1 saturated heterocycles. The Morgan fingerprint density at radius 1 is 1.25 bits per heavy atom. The molecule has 132 valence electrons. The number of carboxylic acid groups (broad SMARTS) is 1. The molecule has 1 fully saturated rings. The number of likely N-dealkylation sites (tertiary alicyclic amines) is 1. The summed E-state index contributed by atoms with van der Waals surface area (Å²) in [4.78, 5) is 23.6. The average molecular weight is 352 g/mol. The van der Waals surface area contributed by atoms with Crippen LogP contribution >= 0.6 is 0 Å². The molecule has 1 aliphatic heterocycles. The molecule has 0 aliphatic carbocycles. The maximum Gasteiger partial charge on any atom is 0.413 e. The van der Waals surface area contributed by atoms with Gasteiger partial charge in [0.15, 0.2) is 6.04 Å². The first-order valence-electron chi connectivity index (χ1n) is 6.90. The summed E-state index contributed by atoms with van der Waals surface area (Å²) in [5, 5.41) is 10.4. The first-order chi connectivity index (χ1) is 11.1. The lowest BCUT2D eigenvalue weighted by Gasteiger charge is -2.26. The highest BCUT2D eigenvalue weighted by Crippen LogP contribution is 2.35. The molecular formula is C14H13F5N2O3. The molecule has 0 spiro atoms. The number of hydrogen-bond donors (Lipinski definition) is 2. The predicted molar refractivity (Wildman–Crippen MR) is 71.0 cm³/mol. The van der Waals surface area contributed by atoms with E-state index in [1.165, 1.54) is 0 Å². The first-order valence-corrected chi connectivity index (χ1v) is 6.90. The van der Waals surface area contributed by atoms with Gasteiger partial charge >= 0.3 is 18.2 Å². The molecule has 2 amide bonds. The van der Waals surface area contributed by atoms with E-state index >= 15 is 0 Å². The van der Waals surface area contributed by atoms with Crippen LogP contribution in [-0.4, -0.2) is 41.3 Å². The van der Waals surface area contributed by atoms with E-state index in [0.29, 0.717) is 12.1 Å². The molecule has 1 aliphatic rings. The second-order valence-electron chi connectivity index (χ2n) is 5.33. The van der Waals surface area contributed by atoms with E-state index in [1.807, 2.05) is 0 Å². The number of halogens is 5. The fourth-order valence-electron chi connectivity index (χ4n) is 2.47. The number of nitrogens with zero attached hydrogens (tertiary/aromatic N) is 1. The number of alkyl halides is 3. The van der Waals surface area contributed by atoms with Crippen LogP contribution in [0.25, 0.3) is 0 Å². The van der Waals surface area contributed by atoms with Gasteiger partial charge in [-0.2, -0.15) is 13.2 Å². The molecule has 0 aromatic heterocycles. The van der Waals surface area contributed by atoms with Crippen LogP contribution in [-0.2, 0) is 4.79 Å². The van der Waals surface area contributed by atoms with E-state index in [2.05, 4.69) is 0 Å². The van der Waals surface area contributed by atoms with Crippen LogP contribution in [0.15, 0.2) is 18.2 Å². The van der Waals surface area contributed by atoms with Gasteiger partial charge in [-0.25, -0.2) is 13.6 Å². The van der Waals surface area contributed by atoms with Gasteiger partial charge in [-0.3, -0.25) is 4.79 Å². The monoisotopic (exact) mass is 352 g/mol. The zero-order chi connectivity index (χ0) is 18.1. The maximum atomic E-state index is 13.6. The summed E-state index contributed by atoms with van der Waals surface area (Å²) in [6, 6.07) is -1.90. The third-order valence-corrected chi connectivity index (χ3v) is 3.71. The van der Waals surface area contributed by atoms with Gasteiger partial charge in [0.05, 0.1) is 11.5 Å². The largest absolute Gasteiger partial charge is 0.481 e. The van der Waals surface area contributed by atoms with Crippen molar-refractivity contribution < 1.29 is 36.6 Å². The summed E-state index contributed by atoms with van der Waals surface area (Å²) in [7, 11) is 0. The zero-order valence-corrected chi connectivity index (χ0v) is 12.1. The number of aliphatic carboxylic acids is 1. The molecule has 5 nitrogen and oxygen atoms in total. The molecule has 0 saturated carbocycles. The normalized spacial score (nSPS) is 19.2. The van der Waals surface area contributed by atoms with Crippen molar-refractivity contribution in [3.05, 3.63) is 35.4 Å². The smallest absolute Gasteiger partial charge is 0.413 e. The minimum absolute atomic E-state index is 0.0624. The molecule has 1 heterocycles. The minimum Gasteiger partial charge on any atom is -0.481 e. The Bertz CT molecular complexity index is 630. The summed E-state index contributed by atoms with van der Waals surface area (Å²) in [6.45, 7) is -0.335. The quantitative estimate of drug-likeness (QED) is 0.822. The summed E-state index contributed by atoms with van der Waals surface area (Å²) in [6.07, 6.45) is -5.04. The van der Waals surface area contributed by atoms with Crippen LogP contribution in [0.4, 0.5) is 26.7 Å². The van der Waals surface area contributed by atoms with Gasteiger partial charge < -0.3 is 15.3 Å². The van der Waals surface area contributed by atoms with Gasteiger partial charge in [-0.15, -0.1) is 0 Å². The van der Waals surface area contributed by atoms with Crippen molar-refractivity contribution in [1.29, 1.82) is 0 Å². The van der Waals surface area contributed by atoms with Crippen LogP contribution < -0.4 is 5.32 Å². The van der Waals surface area contributed by atoms with Crippen molar-refractivity contribution in [3.8, 4) is 0 Å². The number of nitrogens with one attached hydrogen (secondary N) is 1. The van der Waals surface area contributed by atoms with Crippen molar-refractivity contribution in [2.24, 2.45) is 5.92 Å². The molecule has 10 heteroatoms. The number of urea groups is 1. The molecule has 0 radical (unpaired) electrons. The Balaban J connectivity index is 2.22. The molecule has 2 rings (SSSR count). The van der Waals surface area contributed by atoms with E-state index in [-0.39, 0.29) is 19.5 Å². The Hall–Kier alpha value is -2.39. The number of carbonyl (C=O) groups is 2. The highest BCUT2D eigenvalue weighted by atomic mass is 19.4. The number of carboxylic acids is 1. The van der Waals surface area contributed by atoms with Crippen molar-refractivity contribution >= 4 is 12.0 Å². The lowest BCUT2D eigenvalue weighted by atomic mass is 10.1. The number of benzene rings is 1. The van der Waals surface area contributed by atoms with Crippen molar-refractivity contribution in [2.75, 3.05) is 13.1 Å². The molecule has 2 atom stereocenters. The van der Waals surface area contributed by atoms with Gasteiger partial charge in [0, 0.05) is 13.1 Å². The lowest BCUT2D eigenvalue weighted by Crippen LogP contribution is -2.45. The third-order valence-electron chi connectivity index (χ3n) is 3.71. The van der Waals surface area contributed by atoms with Crippen LogP contribution in [0.3, 0.4) is 0 Å². The predicted octanol–water partition coefficient (Wildman–Crippen LogP) is 2.68. The fourth-order valence-corrected chi connectivity index (χ4v) is 2.47. The molecule has 1 aromatic carbocycles. The van der Waals surface area contributed by atoms with Crippen molar-refractivity contribution in [2.45, 2.75) is 18.6 Å². The number of rotatable bonds is 3. The third kappa shape index (κ3) is 3.74. The van der Waals surface area contributed by atoms with E-state index < -0.39 is 47.3 Å². The van der Waals surface area contributed by atoms with Gasteiger partial charge in [0.2, 0.25) is 0 Å². The van der Waals surface area contributed by atoms with Gasteiger partial charge in [0.25, 0.3) is 0 Å². The van der Waals surface area contributed by atoms with Gasteiger partial charge in [-0.05, 0) is 18.6 Å². The highest BCUT2D eigenvalue weighted by molar-refractivity contribution is 5.77. The standard InChI is InChI=1S/C14H13F5N2O3/c15-8-2-1-3-9(16)10(8)11(14(17,18)19)20-13(24)21-5-4-7(6-21)12(22)23/h1-3,7,11H,4-6H2,(H,20,24)(H,22,23). The molecule has 0 bridgehead atoms. The average Bonchev–Trinajstić information content (AvgIpc) is 2.94. The second-order valence-corrected chi connectivity index (χ2v) is 5.33. The second kappa shape index (κ2) is 6.62. The lowest BCUT2D eigenvalue weighted by molar-refractivity contribution is -0.156. The van der Waals surface area contributed by atoms with Crippen LogP contribution in [0.2, 0.25) is 0 Å². The molecule has 2 unspecified atom stereocenters. The van der Waals surface area contributed by atoms with Crippen molar-refractivity contribution in [3.63, 3.8) is 0 Å². The Morgan fingerprint density at radius 2 is 1.83 bits per heavy atom. The molecule has 2 N–H and O–H groups in total. The topological polar surface area (TPSA) is 69.6 Å². The van der Waals surface area contributed by atoms with Crippen LogP contribution in [0.1, 0.15) is 18.0 Å². The number of amides is 2.